The van der Waals surface area contributed by atoms with Gasteiger partial charge in [-0.25, -0.2) is 8.42 Å². The molecule has 0 radical (unpaired) electrons. The lowest BCUT2D eigenvalue weighted by molar-refractivity contribution is -0.122. The van der Waals surface area contributed by atoms with Gasteiger partial charge in [0.2, 0.25) is 10.0 Å². The Balaban J connectivity index is 1.60. The fourth-order valence-corrected chi connectivity index (χ4v) is 7.20. The maximum atomic E-state index is 13.2. The molecule has 182 valence electrons. The van der Waals surface area contributed by atoms with Crippen LogP contribution in [0.25, 0.3) is 10.2 Å². The Bertz CT molecular complexity index is 1350. The number of methoxy groups -OCH3 is 1. The number of sulfonamides is 1. The summed E-state index contributed by atoms with van der Waals surface area (Å²) in [6, 6.07) is 12.0. The molecule has 1 fully saturated rings. The molecule has 1 aliphatic rings. The van der Waals surface area contributed by atoms with E-state index in [0.29, 0.717) is 35.0 Å². The van der Waals surface area contributed by atoms with Crippen molar-refractivity contribution in [2.45, 2.75) is 24.3 Å². The molecule has 4 rings (SSSR count). The first kappa shape index (κ1) is 25.2. The van der Waals surface area contributed by atoms with Crippen LogP contribution in [0.4, 0.5) is 0 Å². The summed E-state index contributed by atoms with van der Waals surface area (Å²) in [5.74, 6) is 0.700. The number of nitrogens with zero attached hydrogens (tertiary/aromatic N) is 3. The van der Waals surface area contributed by atoms with Gasteiger partial charge >= 0.3 is 0 Å². The second kappa shape index (κ2) is 10.8. The molecule has 2 aromatic carbocycles. The highest BCUT2D eigenvalue weighted by atomic mass is 35.5. The predicted octanol–water partition coefficient (Wildman–Crippen LogP) is 4.26. The number of amides is 1. The van der Waals surface area contributed by atoms with E-state index in [1.807, 2.05) is 29.0 Å². The zero-order valence-corrected chi connectivity index (χ0v) is 22.1. The van der Waals surface area contributed by atoms with Gasteiger partial charge in [-0.2, -0.15) is 21.1 Å². The lowest BCUT2D eigenvalue weighted by atomic mass is 9.99. The molecule has 0 bridgehead atoms. The normalized spacial score (nSPS) is 17.9. The minimum Gasteiger partial charge on any atom is -0.497 e. The number of carbonyl (C=O) groups is 1. The first-order valence-corrected chi connectivity index (χ1v) is 14.9. The van der Waals surface area contributed by atoms with Crippen LogP contribution >= 0.6 is 34.7 Å². The number of rotatable bonds is 7. The van der Waals surface area contributed by atoms with Crippen molar-refractivity contribution < 1.29 is 17.9 Å². The molecule has 1 aliphatic heterocycles. The Morgan fingerprint density at radius 2 is 2.03 bits per heavy atom. The average molecular weight is 540 g/mol. The summed E-state index contributed by atoms with van der Waals surface area (Å²) in [6.07, 6.45) is 3.25. The number of aromatic nitrogens is 1. The van der Waals surface area contributed by atoms with Crippen LogP contribution in [0, 0.1) is 5.92 Å². The number of thioether (sulfide) groups is 1. The van der Waals surface area contributed by atoms with Crippen LogP contribution in [0.3, 0.4) is 0 Å². The summed E-state index contributed by atoms with van der Waals surface area (Å²) in [6.45, 7) is 1.23. The summed E-state index contributed by atoms with van der Waals surface area (Å²) in [5.41, 5.74) is 0.988. The SMILES string of the molecule is COc1ccc(S(=O)(=O)N2CCCC(C(=O)N=c3sc4cc(Cl)ccc4n3CCSC)C2)cc1. The van der Waals surface area contributed by atoms with Gasteiger partial charge in [0, 0.05) is 30.4 Å². The third-order valence-corrected chi connectivity index (χ3v) is 9.55. The minimum atomic E-state index is -3.71. The molecular weight excluding hydrogens is 514 g/mol. The van der Waals surface area contributed by atoms with Crippen molar-refractivity contribution in [3.05, 3.63) is 52.3 Å². The Kier molecular flexibility index (Phi) is 8.04. The van der Waals surface area contributed by atoms with E-state index < -0.39 is 15.9 Å². The number of ether oxygens (including phenoxy) is 1. The van der Waals surface area contributed by atoms with Gasteiger partial charge in [-0.1, -0.05) is 22.9 Å². The molecule has 34 heavy (non-hydrogen) atoms. The summed E-state index contributed by atoms with van der Waals surface area (Å²) < 4.78 is 35.8. The topological polar surface area (TPSA) is 81.0 Å². The highest BCUT2D eigenvalue weighted by Gasteiger charge is 2.33. The molecule has 1 atom stereocenters. The summed E-state index contributed by atoms with van der Waals surface area (Å²) in [7, 11) is -2.18. The molecule has 1 aromatic heterocycles. The first-order chi connectivity index (χ1) is 16.3. The van der Waals surface area contributed by atoms with E-state index in [2.05, 4.69) is 4.99 Å². The quantitative estimate of drug-likeness (QED) is 0.448. The van der Waals surface area contributed by atoms with Crippen LogP contribution in [0.2, 0.25) is 5.02 Å². The van der Waals surface area contributed by atoms with Gasteiger partial charge in [-0.05, 0) is 61.6 Å². The van der Waals surface area contributed by atoms with Crippen LogP contribution in [0.1, 0.15) is 12.8 Å². The van der Waals surface area contributed by atoms with Crippen molar-refractivity contribution in [3.63, 3.8) is 0 Å². The van der Waals surface area contributed by atoms with Gasteiger partial charge in [0.1, 0.15) is 5.75 Å². The molecule has 7 nitrogen and oxygen atoms in total. The van der Waals surface area contributed by atoms with E-state index in [1.165, 1.54) is 34.9 Å². The van der Waals surface area contributed by atoms with E-state index in [-0.39, 0.29) is 17.3 Å². The number of hydrogen-bond acceptors (Lipinski definition) is 6. The lowest BCUT2D eigenvalue weighted by Gasteiger charge is -2.30. The molecular formula is C23H26ClN3O4S3. The summed E-state index contributed by atoms with van der Waals surface area (Å²) >= 11 is 9.31. The van der Waals surface area contributed by atoms with Gasteiger partial charge < -0.3 is 9.30 Å². The van der Waals surface area contributed by atoms with E-state index in [1.54, 1.807) is 23.9 Å². The molecule has 0 aliphatic carbocycles. The number of carbonyl (C=O) groups excluding carboxylic acids is 1. The monoisotopic (exact) mass is 539 g/mol. The number of aryl methyl sites for hydroxylation is 1. The van der Waals surface area contributed by atoms with Gasteiger partial charge in [0.15, 0.2) is 4.80 Å². The van der Waals surface area contributed by atoms with Crippen molar-refractivity contribution in [1.82, 2.24) is 8.87 Å². The van der Waals surface area contributed by atoms with Crippen molar-refractivity contribution in [1.29, 1.82) is 0 Å². The fraction of sp³-hybridized carbons (Fsp3) is 0.391. The second-order valence-electron chi connectivity index (χ2n) is 7.97. The zero-order valence-electron chi connectivity index (χ0n) is 18.9. The van der Waals surface area contributed by atoms with Crippen LogP contribution in [-0.4, -0.2) is 55.4 Å². The molecule has 1 amide bonds. The Morgan fingerprint density at radius 3 is 2.74 bits per heavy atom. The molecule has 0 spiro atoms. The van der Waals surface area contributed by atoms with Crippen LogP contribution < -0.4 is 9.54 Å². The van der Waals surface area contributed by atoms with Crippen molar-refractivity contribution in [3.8, 4) is 5.75 Å². The third kappa shape index (κ3) is 5.36. The maximum Gasteiger partial charge on any atom is 0.252 e. The second-order valence-corrected chi connectivity index (χ2v) is 12.3. The van der Waals surface area contributed by atoms with Gasteiger partial charge in [-0.15, -0.1) is 0 Å². The van der Waals surface area contributed by atoms with Crippen molar-refractivity contribution in [2.75, 3.05) is 32.2 Å². The number of thiazole rings is 1. The molecule has 3 aromatic rings. The Labute approximate surface area is 212 Å². The smallest absolute Gasteiger partial charge is 0.252 e. The predicted molar refractivity (Wildman–Crippen MR) is 138 cm³/mol. The fourth-order valence-electron chi connectivity index (χ4n) is 3.98. The highest BCUT2D eigenvalue weighted by molar-refractivity contribution is 7.98. The van der Waals surface area contributed by atoms with Crippen molar-refractivity contribution in [2.24, 2.45) is 10.9 Å². The number of hydrogen-bond donors (Lipinski definition) is 0. The van der Waals surface area contributed by atoms with Crippen molar-refractivity contribution >= 4 is 60.8 Å². The van der Waals surface area contributed by atoms with Crippen LogP contribution in [0.5, 0.6) is 5.75 Å². The standard InChI is InChI=1S/C23H26ClN3O4S3/c1-31-18-6-8-19(9-7-18)34(29,30)26-11-3-4-16(15-26)22(28)25-23-27(12-13-32-2)20-10-5-17(24)14-21(20)33-23/h5-10,14,16H,3-4,11-13,15H2,1-2H3. The van der Waals surface area contributed by atoms with E-state index in [4.69, 9.17) is 16.3 Å². The van der Waals surface area contributed by atoms with E-state index in [0.717, 1.165) is 22.5 Å². The van der Waals surface area contributed by atoms with Gasteiger partial charge in [-0.3, -0.25) is 4.79 Å². The zero-order chi connectivity index (χ0) is 24.3. The summed E-state index contributed by atoms with van der Waals surface area (Å²) in [4.78, 5) is 18.5. The van der Waals surface area contributed by atoms with E-state index >= 15 is 0 Å². The summed E-state index contributed by atoms with van der Waals surface area (Å²) in [5, 5.41) is 0.635. The largest absolute Gasteiger partial charge is 0.497 e. The molecule has 11 heteroatoms. The minimum absolute atomic E-state index is 0.123. The molecule has 0 saturated carbocycles. The molecule has 0 N–H and O–H groups in total. The average Bonchev–Trinajstić information content (AvgIpc) is 3.18. The Morgan fingerprint density at radius 1 is 1.26 bits per heavy atom. The first-order valence-electron chi connectivity index (χ1n) is 10.8. The number of fused-ring (bicyclic) bond motifs is 1. The molecule has 1 saturated heterocycles. The number of halogens is 1. The number of benzene rings is 2. The number of piperidine rings is 1. The van der Waals surface area contributed by atoms with Gasteiger partial charge in [0.25, 0.3) is 5.91 Å². The third-order valence-electron chi connectivity index (χ3n) is 5.80. The molecule has 1 unspecified atom stereocenters. The van der Waals surface area contributed by atoms with Crippen LogP contribution in [-0.2, 0) is 21.4 Å². The van der Waals surface area contributed by atoms with E-state index in [9.17, 15) is 13.2 Å². The Hall–Kier alpha value is -1.85. The van der Waals surface area contributed by atoms with Gasteiger partial charge in [0.05, 0.1) is 28.1 Å². The highest BCUT2D eigenvalue weighted by Crippen LogP contribution is 2.26. The lowest BCUT2D eigenvalue weighted by Crippen LogP contribution is -2.42. The maximum absolute atomic E-state index is 13.2. The molecule has 2 heterocycles. The van der Waals surface area contributed by atoms with Crippen LogP contribution in [0.15, 0.2) is 52.4 Å².